The molecule has 0 aromatic heterocycles. The Balaban J connectivity index is 2.54. The van der Waals surface area contributed by atoms with Gasteiger partial charge in [0.25, 0.3) is 0 Å². The van der Waals surface area contributed by atoms with Gasteiger partial charge in [0.1, 0.15) is 5.54 Å². The third-order valence-electron chi connectivity index (χ3n) is 3.55. The van der Waals surface area contributed by atoms with Gasteiger partial charge in [0.05, 0.1) is 16.9 Å². The highest BCUT2D eigenvalue weighted by Gasteiger charge is 2.40. The van der Waals surface area contributed by atoms with Gasteiger partial charge in [-0.05, 0) is 25.0 Å². The molecule has 1 aromatic rings. The summed E-state index contributed by atoms with van der Waals surface area (Å²) in [6.45, 7) is 3.81. The highest BCUT2D eigenvalue weighted by molar-refractivity contribution is 6.10. The molecule has 3 N–H and O–H groups in total. The number of fused-ring (bicyclic) bond motifs is 1. The zero-order valence-electron chi connectivity index (χ0n) is 10.4. The summed E-state index contributed by atoms with van der Waals surface area (Å²) >= 11 is 0. The molecule has 5 nitrogen and oxygen atoms in total. The number of carbonyl (C=O) groups excluding carboxylic acids is 1. The van der Waals surface area contributed by atoms with Crippen LogP contribution < -0.4 is 10.6 Å². The summed E-state index contributed by atoms with van der Waals surface area (Å²) in [4.78, 5) is 23.3. The van der Waals surface area contributed by atoms with Crippen LogP contribution in [0.15, 0.2) is 18.2 Å². The van der Waals surface area contributed by atoms with Gasteiger partial charge in [-0.3, -0.25) is 4.79 Å². The Labute approximate surface area is 105 Å². The Morgan fingerprint density at radius 3 is 2.56 bits per heavy atom. The van der Waals surface area contributed by atoms with Crippen molar-refractivity contribution in [2.75, 3.05) is 10.6 Å². The molecule has 0 unspecified atom stereocenters. The van der Waals surface area contributed by atoms with Crippen LogP contribution >= 0.6 is 0 Å². The third-order valence-corrected chi connectivity index (χ3v) is 3.55. The molecule has 1 heterocycles. The molecule has 0 fully saturated rings. The highest BCUT2D eigenvalue weighted by atomic mass is 16.4. The van der Waals surface area contributed by atoms with Gasteiger partial charge in [0.15, 0.2) is 0 Å². The molecule has 96 valence electrons. The molecule has 1 aliphatic rings. The van der Waals surface area contributed by atoms with Crippen molar-refractivity contribution in [3.63, 3.8) is 0 Å². The highest BCUT2D eigenvalue weighted by Crippen LogP contribution is 2.36. The Kier molecular flexibility index (Phi) is 2.98. The van der Waals surface area contributed by atoms with Crippen LogP contribution in [0, 0.1) is 0 Å². The first-order chi connectivity index (χ1) is 8.54. The van der Waals surface area contributed by atoms with Crippen LogP contribution in [0.2, 0.25) is 0 Å². The summed E-state index contributed by atoms with van der Waals surface area (Å²) in [5.74, 6) is -1.11. The first-order valence-corrected chi connectivity index (χ1v) is 6.00. The van der Waals surface area contributed by atoms with Crippen LogP contribution in [0.1, 0.15) is 37.0 Å². The minimum absolute atomic E-state index is 0.109. The summed E-state index contributed by atoms with van der Waals surface area (Å²) < 4.78 is 0. The quantitative estimate of drug-likeness (QED) is 0.767. The molecule has 0 radical (unpaired) electrons. The van der Waals surface area contributed by atoms with E-state index in [-0.39, 0.29) is 11.5 Å². The molecule has 1 amide bonds. The van der Waals surface area contributed by atoms with Gasteiger partial charge in [0, 0.05) is 0 Å². The van der Waals surface area contributed by atoms with Gasteiger partial charge in [-0.15, -0.1) is 0 Å². The number of para-hydroxylation sites is 1. The summed E-state index contributed by atoms with van der Waals surface area (Å²) in [6, 6.07) is 4.85. The number of rotatable bonds is 3. The summed E-state index contributed by atoms with van der Waals surface area (Å²) in [6.07, 6.45) is 1.20. The number of hydrogen-bond acceptors (Lipinski definition) is 3. The number of carboxylic acid groups (broad SMARTS) is 1. The first kappa shape index (κ1) is 12.4. The first-order valence-electron chi connectivity index (χ1n) is 6.00. The van der Waals surface area contributed by atoms with Crippen molar-refractivity contribution in [2.24, 2.45) is 0 Å². The Morgan fingerprint density at radius 1 is 1.33 bits per heavy atom. The molecule has 18 heavy (non-hydrogen) atoms. The van der Waals surface area contributed by atoms with E-state index < -0.39 is 11.5 Å². The van der Waals surface area contributed by atoms with E-state index in [0.29, 0.717) is 24.2 Å². The smallest absolute Gasteiger partial charge is 0.337 e. The zero-order chi connectivity index (χ0) is 13.3. The molecule has 2 rings (SSSR count). The largest absolute Gasteiger partial charge is 0.478 e. The maximum atomic E-state index is 12.1. The molecule has 1 aromatic carbocycles. The van der Waals surface area contributed by atoms with E-state index in [1.54, 1.807) is 12.1 Å². The number of hydrogen-bond donors (Lipinski definition) is 3. The number of anilines is 2. The van der Waals surface area contributed by atoms with Gasteiger partial charge in [-0.25, -0.2) is 4.79 Å². The van der Waals surface area contributed by atoms with Crippen molar-refractivity contribution in [3.05, 3.63) is 23.8 Å². The van der Waals surface area contributed by atoms with Crippen LogP contribution in [0.3, 0.4) is 0 Å². The SMILES string of the molecule is CCC1(CC)Nc2c(cccc2C(=O)O)NC1=O. The van der Waals surface area contributed by atoms with Crippen LogP contribution in [0.25, 0.3) is 0 Å². The van der Waals surface area contributed by atoms with Gasteiger partial charge in [-0.1, -0.05) is 19.9 Å². The van der Waals surface area contributed by atoms with Gasteiger partial charge < -0.3 is 15.7 Å². The predicted molar refractivity (Wildman–Crippen MR) is 69.0 cm³/mol. The molecule has 0 saturated heterocycles. The molecular weight excluding hydrogens is 232 g/mol. The lowest BCUT2D eigenvalue weighted by atomic mass is 9.88. The fourth-order valence-corrected chi connectivity index (χ4v) is 2.26. The Bertz CT molecular complexity index is 507. The van der Waals surface area contributed by atoms with Crippen molar-refractivity contribution in [1.29, 1.82) is 0 Å². The molecular formula is C13H16N2O3. The molecule has 0 aliphatic carbocycles. The summed E-state index contributed by atoms with van der Waals surface area (Å²) in [5.41, 5.74) is 0.475. The van der Waals surface area contributed by atoms with E-state index in [9.17, 15) is 9.59 Å². The number of carbonyl (C=O) groups is 2. The Hall–Kier alpha value is -2.04. The second-order valence-corrected chi connectivity index (χ2v) is 4.40. The maximum Gasteiger partial charge on any atom is 0.337 e. The van der Waals surface area contributed by atoms with Crippen molar-refractivity contribution >= 4 is 23.3 Å². The standard InChI is InChI=1S/C13H16N2O3/c1-3-13(4-2)12(18)14-9-7-5-6-8(11(16)17)10(9)15-13/h5-7,15H,3-4H2,1-2H3,(H,14,18)(H,16,17). The lowest BCUT2D eigenvalue weighted by Crippen LogP contribution is -2.52. The van der Waals surface area contributed by atoms with E-state index in [1.165, 1.54) is 6.07 Å². The fraction of sp³-hybridized carbons (Fsp3) is 0.385. The number of aromatic carboxylic acids is 1. The lowest BCUT2D eigenvalue weighted by molar-refractivity contribution is -0.120. The van der Waals surface area contributed by atoms with Crippen molar-refractivity contribution in [1.82, 2.24) is 0 Å². The van der Waals surface area contributed by atoms with Crippen LogP contribution in [-0.2, 0) is 4.79 Å². The minimum atomic E-state index is -1.00. The third kappa shape index (κ3) is 1.72. The van der Waals surface area contributed by atoms with E-state index in [0.717, 1.165) is 0 Å². The normalized spacial score (nSPS) is 16.4. The van der Waals surface area contributed by atoms with Crippen LogP contribution in [0.4, 0.5) is 11.4 Å². The summed E-state index contributed by atoms with van der Waals surface area (Å²) in [7, 11) is 0. The van der Waals surface area contributed by atoms with Gasteiger partial charge in [0.2, 0.25) is 5.91 Å². The average Bonchev–Trinajstić information content (AvgIpc) is 2.37. The average molecular weight is 248 g/mol. The Morgan fingerprint density at radius 2 is 2.00 bits per heavy atom. The summed E-state index contributed by atoms with van der Waals surface area (Å²) in [5, 5.41) is 15.1. The van der Waals surface area contributed by atoms with Gasteiger partial charge >= 0.3 is 5.97 Å². The number of benzene rings is 1. The monoisotopic (exact) mass is 248 g/mol. The van der Waals surface area contributed by atoms with E-state index in [1.807, 2.05) is 13.8 Å². The van der Waals surface area contributed by atoms with Crippen LogP contribution in [0.5, 0.6) is 0 Å². The number of carboxylic acids is 1. The topological polar surface area (TPSA) is 78.4 Å². The number of nitrogens with one attached hydrogen (secondary N) is 2. The number of amides is 1. The predicted octanol–water partition coefficient (Wildman–Crippen LogP) is 2.31. The van der Waals surface area contributed by atoms with E-state index in [2.05, 4.69) is 10.6 Å². The maximum absolute atomic E-state index is 12.1. The molecule has 0 saturated carbocycles. The van der Waals surface area contributed by atoms with Crippen LogP contribution in [-0.4, -0.2) is 22.5 Å². The second kappa shape index (κ2) is 4.33. The van der Waals surface area contributed by atoms with E-state index >= 15 is 0 Å². The van der Waals surface area contributed by atoms with Gasteiger partial charge in [-0.2, -0.15) is 0 Å². The lowest BCUT2D eigenvalue weighted by Gasteiger charge is -2.38. The molecule has 0 atom stereocenters. The van der Waals surface area contributed by atoms with E-state index in [4.69, 9.17) is 5.11 Å². The molecule has 0 spiro atoms. The molecule has 5 heteroatoms. The van der Waals surface area contributed by atoms with Crippen molar-refractivity contribution < 1.29 is 14.7 Å². The van der Waals surface area contributed by atoms with Crippen molar-refractivity contribution in [3.8, 4) is 0 Å². The van der Waals surface area contributed by atoms with Crippen molar-refractivity contribution in [2.45, 2.75) is 32.2 Å². The minimum Gasteiger partial charge on any atom is -0.478 e. The second-order valence-electron chi connectivity index (χ2n) is 4.40. The molecule has 0 bridgehead atoms. The zero-order valence-corrected chi connectivity index (χ0v) is 10.4. The molecule has 1 aliphatic heterocycles. The fourth-order valence-electron chi connectivity index (χ4n) is 2.26.